The maximum absolute atomic E-state index is 13.0. The zero-order valence-electron chi connectivity index (χ0n) is 19.4. The maximum atomic E-state index is 13.0. The molecular formula is C26H23FN2O5S. The molecule has 0 saturated heterocycles. The highest BCUT2D eigenvalue weighted by molar-refractivity contribution is 7.14. The lowest BCUT2D eigenvalue weighted by molar-refractivity contribution is -0.115. The molecule has 0 fully saturated rings. The summed E-state index contributed by atoms with van der Waals surface area (Å²) in [6, 6.07) is 14.5. The van der Waals surface area contributed by atoms with E-state index in [4.69, 9.17) is 13.9 Å². The van der Waals surface area contributed by atoms with Crippen LogP contribution in [0.3, 0.4) is 0 Å². The number of nitrogens with zero attached hydrogens (tertiary/aromatic N) is 2. The number of furan rings is 1. The SMILES string of the molecule is CC(=O)N(c1nc(COC(=O)c2ccc(COc3ccc(F)cc3)o2)cs1)c1ccc(C)cc1C. The van der Waals surface area contributed by atoms with Crippen molar-refractivity contribution in [2.75, 3.05) is 4.90 Å². The third-order valence-electron chi connectivity index (χ3n) is 5.05. The summed E-state index contributed by atoms with van der Waals surface area (Å²) < 4.78 is 29.3. The average molecular weight is 495 g/mol. The van der Waals surface area contributed by atoms with E-state index >= 15 is 0 Å². The van der Waals surface area contributed by atoms with E-state index in [2.05, 4.69) is 4.98 Å². The van der Waals surface area contributed by atoms with E-state index in [1.807, 2.05) is 32.0 Å². The quantitative estimate of drug-likeness (QED) is 0.275. The minimum Gasteiger partial charge on any atom is -0.486 e. The second kappa shape index (κ2) is 10.5. The van der Waals surface area contributed by atoms with Gasteiger partial charge in [-0.2, -0.15) is 0 Å². The number of benzene rings is 2. The van der Waals surface area contributed by atoms with E-state index in [1.54, 1.807) is 16.3 Å². The van der Waals surface area contributed by atoms with Crippen molar-refractivity contribution in [3.63, 3.8) is 0 Å². The summed E-state index contributed by atoms with van der Waals surface area (Å²) in [6.45, 7) is 5.42. The molecular weight excluding hydrogens is 471 g/mol. The zero-order chi connectivity index (χ0) is 24.9. The molecule has 4 aromatic rings. The standard InChI is InChI=1S/C26H23FN2O5S/c1-16-4-10-23(17(2)12-16)29(18(3)30)26-28-20(15-35-26)13-33-25(31)24-11-9-22(34-24)14-32-21-7-5-19(27)6-8-21/h4-12,15H,13-14H2,1-3H3. The van der Waals surface area contributed by atoms with Gasteiger partial charge >= 0.3 is 5.97 Å². The largest absolute Gasteiger partial charge is 0.486 e. The van der Waals surface area contributed by atoms with E-state index in [9.17, 15) is 14.0 Å². The predicted molar refractivity (Wildman–Crippen MR) is 129 cm³/mol. The molecule has 9 heteroatoms. The first-order valence-electron chi connectivity index (χ1n) is 10.8. The van der Waals surface area contributed by atoms with E-state index < -0.39 is 5.97 Å². The molecule has 0 aliphatic carbocycles. The molecule has 0 aliphatic rings. The second-order valence-corrected chi connectivity index (χ2v) is 8.69. The summed E-state index contributed by atoms with van der Waals surface area (Å²) in [5.74, 6) is -0.244. The number of carbonyl (C=O) groups is 2. The van der Waals surface area contributed by atoms with Crippen LogP contribution in [0.1, 0.15) is 40.1 Å². The van der Waals surface area contributed by atoms with Gasteiger partial charge < -0.3 is 13.9 Å². The van der Waals surface area contributed by atoms with Crippen molar-refractivity contribution in [3.8, 4) is 5.75 Å². The number of ether oxygens (including phenoxy) is 2. The summed E-state index contributed by atoms with van der Waals surface area (Å²) in [6.07, 6.45) is 0. The van der Waals surface area contributed by atoms with E-state index in [0.717, 1.165) is 16.8 Å². The molecule has 0 spiro atoms. The van der Waals surface area contributed by atoms with Crippen molar-refractivity contribution < 1.29 is 27.9 Å². The Labute approximate surface area is 205 Å². The van der Waals surface area contributed by atoms with E-state index in [-0.39, 0.29) is 30.7 Å². The molecule has 0 N–H and O–H groups in total. The predicted octanol–water partition coefficient (Wildman–Crippen LogP) is 6.11. The minimum absolute atomic E-state index is 0.0267. The highest BCUT2D eigenvalue weighted by atomic mass is 32.1. The fourth-order valence-corrected chi connectivity index (χ4v) is 4.25. The summed E-state index contributed by atoms with van der Waals surface area (Å²) in [5, 5.41) is 2.24. The third-order valence-corrected chi connectivity index (χ3v) is 5.92. The van der Waals surface area contributed by atoms with Gasteiger partial charge in [-0.1, -0.05) is 17.7 Å². The number of amides is 1. The van der Waals surface area contributed by atoms with Gasteiger partial charge in [0.25, 0.3) is 0 Å². The molecule has 0 unspecified atom stereocenters. The van der Waals surface area contributed by atoms with Crippen molar-refractivity contribution in [3.05, 3.63) is 94.1 Å². The van der Waals surface area contributed by atoms with Crippen LogP contribution in [0.4, 0.5) is 15.2 Å². The highest BCUT2D eigenvalue weighted by Gasteiger charge is 2.20. The lowest BCUT2D eigenvalue weighted by atomic mass is 10.1. The number of aromatic nitrogens is 1. The Bertz CT molecular complexity index is 1350. The maximum Gasteiger partial charge on any atom is 0.374 e. The number of esters is 1. The van der Waals surface area contributed by atoms with Crippen LogP contribution >= 0.6 is 11.3 Å². The van der Waals surface area contributed by atoms with Crippen LogP contribution in [-0.4, -0.2) is 16.9 Å². The average Bonchev–Trinajstić information content (AvgIpc) is 3.49. The first kappa shape index (κ1) is 24.2. The van der Waals surface area contributed by atoms with Gasteiger partial charge in [0.2, 0.25) is 11.7 Å². The lowest BCUT2D eigenvalue weighted by Gasteiger charge is -2.20. The fourth-order valence-electron chi connectivity index (χ4n) is 3.39. The fraction of sp³-hybridized carbons (Fsp3) is 0.192. The van der Waals surface area contributed by atoms with Gasteiger partial charge in [-0.05, 0) is 61.9 Å². The van der Waals surface area contributed by atoms with Gasteiger partial charge in [-0.15, -0.1) is 11.3 Å². The number of anilines is 2. The topological polar surface area (TPSA) is 81.9 Å². The number of thiazole rings is 1. The molecule has 0 radical (unpaired) electrons. The Kier molecular flexibility index (Phi) is 7.26. The van der Waals surface area contributed by atoms with Crippen molar-refractivity contribution in [1.82, 2.24) is 4.98 Å². The molecule has 1 amide bonds. The third kappa shape index (κ3) is 5.93. The Balaban J connectivity index is 1.36. The molecule has 0 atom stereocenters. The van der Waals surface area contributed by atoms with Gasteiger partial charge in [-0.25, -0.2) is 14.2 Å². The number of halogens is 1. The molecule has 0 saturated carbocycles. The van der Waals surface area contributed by atoms with Gasteiger partial charge in [-0.3, -0.25) is 9.69 Å². The second-order valence-electron chi connectivity index (χ2n) is 7.85. The normalized spacial score (nSPS) is 10.7. The van der Waals surface area contributed by atoms with Crippen LogP contribution < -0.4 is 9.64 Å². The van der Waals surface area contributed by atoms with Crippen molar-refractivity contribution in [2.45, 2.75) is 34.0 Å². The number of hydrogen-bond acceptors (Lipinski definition) is 7. The van der Waals surface area contributed by atoms with Crippen molar-refractivity contribution in [1.29, 1.82) is 0 Å². The molecule has 0 aliphatic heterocycles. The van der Waals surface area contributed by atoms with Gasteiger partial charge in [0.15, 0.2) is 5.13 Å². The van der Waals surface area contributed by atoms with Gasteiger partial charge in [0, 0.05) is 12.3 Å². The molecule has 2 heterocycles. The zero-order valence-corrected chi connectivity index (χ0v) is 20.2. The Morgan fingerprint density at radius 2 is 1.83 bits per heavy atom. The molecule has 0 bridgehead atoms. The Hall–Kier alpha value is -3.98. The van der Waals surface area contributed by atoms with E-state index in [0.29, 0.717) is 22.3 Å². The monoisotopic (exact) mass is 494 g/mol. The molecule has 180 valence electrons. The first-order chi connectivity index (χ1) is 16.8. The van der Waals surface area contributed by atoms with Crippen LogP contribution in [0.5, 0.6) is 5.75 Å². The van der Waals surface area contributed by atoms with Gasteiger partial charge in [0.1, 0.15) is 30.5 Å². The van der Waals surface area contributed by atoms with Crippen LogP contribution in [0.15, 0.2) is 64.4 Å². The number of hydrogen-bond donors (Lipinski definition) is 0. The summed E-state index contributed by atoms with van der Waals surface area (Å²) in [7, 11) is 0. The minimum atomic E-state index is -0.648. The number of aryl methyl sites for hydroxylation is 2. The Morgan fingerprint density at radius 1 is 1.06 bits per heavy atom. The Morgan fingerprint density at radius 3 is 2.54 bits per heavy atom. The smallest absolute Gasteiger partial charge is 0.374 e. The van der Waals surface area contributed by atoms with Crippen LogP contribution in [-0.2, 0) is 22.7 Å². The summed E-state index contributed by atoms with van der Waals surface area (Å²) in [5.41, 5.74) is 3.33. The molecule has 7 nitrogen and oxygen atoms in total. The molecule has 35 heavy (non-hydrogen) atoms. The van der Waals surface area contributed by atoms with Gasteiger partial charge in [0.05, 0.1) is 11.4 Å². The molecule has 4 rings (SSSR count). The number of carbonyl (C=O) groups excluding carboxylic acids is 2. The lowest BCUT2D eigenvalue weighted by Crippen LogP contribution is -2.23. The first-order valence-corrected chi connectivity index (χ1v) is 11.6. The number of rotatable bonds is 8. The van der Waals surface area contributed by atoms with Crippen LogP contribution in [0, 0.1) is 19.7 Å². The van der Waals surface area contributed by atoms with Crippen molar-refractivity contribution >= 4 is 34.0 Å². The summed E-state index contributed by atoms with van der Waals surface area (Å²) >= 11 is 1.29. The van der Waals surface area contributed by atoms with Crippen molar-refractivity contribution in [2.24, 2.45) is 0 Å². The molecule has 2 aromatic carbocycles. The molecule has 2 aromatic heterocycles. The van der Waals surface area contributed by atoms with E-state index in [1.165, 1.54) is 48.6 Å². The summed E-state index contributed by atoms with van der Waals surface area (Å²) in [4.78, 5) is 30.8. The highest BCUT2D eigenvalue weighted by Crippen LogP contribution is 2.32. The van der Waals surface area contributed by atoms with Crippen LogP contribution in [0.25, 0.3) is 0 Å². The van der Waals surface area contributed by atoms with Crippen LogP contribution in [0.2, 0.25) is 0 Å².